The van der Waals surface area contributed by atoms with Crippen LogP contribution in [0.3, 0.4) is 0 Å². The van der Waals surface area contributed by atoms with Gasteiger partial charge in [-0.2, -0.15) is 13.2 Å². The van der Waals surface area contributed by atoms with Crippen LogP contribution in [0.25, 0.3) is 0 Å². The Morgan fingerprint density at radius 2 is 1.70 bits per heavy atom. The molecule has 0 aromatic heterocycles. The van der Waals surface area contributed by atoms with E-state index in [2.05, 4.69) is 32.7 Å². The van der Waals surface area contributed by atoms with Crippen LogP contribution >= 0.6 is 15.9 Å². The molecule has 20 heavy (non-hydrogen) atoms. The summed E-state index contributed by atoms with van der Waals surface area (Å²) in [5.74, 6) is 0. The van der Waals surface area contributed by atoms with E-state index >= 15 is 0 Å². The monoisotopic (exact) mass is 350 g/mol. The molecule has 112 valence electrons. The number of hydrogen-bond acceptors (Lipinski definition) is 2. The van der Waals surface area contributed by atoms with E-state index in [-0.39, 0.29) is 0 Å². The first-order valence-electron chi connectivity index (χ1n) is 6.70. The van der Waals surface area contributed by atoms with E-state index < -0.39 is 11.7 Å². The average Bonchev–Trinajstić information content (AvgIpc) is 2.41. The van der Waals surface area contributed by atoms with Crippen molar-refractivity contribution in [2.75, 3.05) is 32.7 Å². The normalized spacial score (nSPS) is 18.4. The van der Waals surface area contributed by atoms with Crippen molar-refractivity contribution >= 4 is 15.9 Å². The zero-order chi connectivity index (χ0) is 14.8. The first-order chi connectivity index (χ1) is 9.40. The first-order valence-corrected chi connectivity index (χ1v) is 7.49. The summed E-state index contributed by atoms with van der Waals surface area (Å²) in [6.45, 7) is 7.47. The Balaban J connectivity index is 2.06. The smallest absolute Gasteiger partial charge is 0.301 e. The Morgan fingerprint density at radius 1 is 1.10 bits per heavy atom. The van der Waals surface area contributed by atoms with Gasteiger partial charge in [-0.05, 0) is 30.3 Å². The van der Waals surface area contributed by atoms with E-state index in [1.165, 1.54) is 12.1 Å². The van der Waals surface area contributed by atoms with E-state index in [1.54, 1.807) is 0 Å². The summed E-state index contributed by atoms with van der Waals surface area (Å²) in [6.07, 6.45) is -4.28. The van der Waals surface area contributed by atoms with Crippen molar-refractivity contribution < 1.29 is 13.2 Å². The minimum absolute atomic E-state index is 0.558. The van der Waals surface area contributed by atoms with E-state index in [1.807, 2.05) is 0 Å². The number of rotatable bonds is 3. The Kier molecular flexibility index (Phi) is 5.09. The van der Waals surface area contributed by atoms with Crippen LogP contribution in [0.4, 0.5) is 13.2 Å². The second-order valence-corrected chi connectivity index (χ2v) is 5.87. The highest BCUT2D eigenvalue weighted by Crippen LogP contribution is 2.32. The number of piperazine rings is 1. The molecule has 1 fully saturated rings. The van der Waals surface area contributed by atoms with Gasteiger partial charge in [0.25, 0.3) is 0 Å². The number of nitrogens with zero attached hydrogens (tertiary/aromatic N) is 2. The van der Waals surface area contributed by atoms with Crippen LogP contribution in [0.1, 0.15) is 18.1 Å². The molecule has 0 aliphatic carbocycles. The van der Waals surface area contributed by atoms with E-state index in [4.69, 9.17) is 0 Å². The highest BCUT2D eigenvalue weighted by atomic mass is 79.9. The summed E-state index contributed by atoms with van der Waals surface area (Å²) >= 11 is 3.35. The van der Waals surface area contributed by atoms with Crippen molar-refractivity contribution in [2.24, 2.45) is 0 Å². The van der Waals surface area contributed by atoms with Gasteiger partial charge in [0.1, 0.15) is 0 Å². The molecule has 1 aromatic rings. The number of likely N-dealkylation sites (N-methyl/N-ethyl adjacent to an activating group) is 1. The maximum absolute atomic E-state index is 12.7. The van der Waals surface area contributed by atoms with Gasteiger partial charge >= 0.3 is 6.18 Å². The van der Waals surface area contributed by atoms with Gasteiger partial charge in [-0.3, -0.25) is 4.90 Å². The van der Waals surface area contributed by atoms with Crippen molar-refractivity contribution in [3.8, 4) is 0 Å². The lowest BCUT2D eigenvalue weighted by Crippen LogP contribution is -2.45. The number of hydrogen-bond donors (Lipinski definition) is 0. The average molecular weight is 351 g/mol. The molecule has 0 bridgehead atoms. The Bertz CT molecular complexity index is 454. The predicted molar refractivity (Wildman–Crippen MR) is 76.5 cm³/mol. The first kappa shape index (κ1) is 15.8. The lowest BCUT2D eigenvalue weighted by molar-refractivity contribution is -0.137. The summed E-state index contributed by atoms with van der Waals surface area (Å²) in [6, 6.07) is 3.85. The summed E-state index contributed by atoms with van der Waals surface area (Å²) < 4.78 is 39.0. The molecular formula is C14H18BrF3N2. The van der Waals surface area contributed by atoms with Gasteiger partial charge in [-0.15, -0.1) is 0 Å². The number of benzene rings is 1. The number of halogens is 4. The maximum Gasteiger partial charge on any atom is 0.416 e. The van der Waals surface area contributed by atoms with Crippen LogP contribution in [-0.4, -0.2) is 42.5 Å². The molecule has 2 nitrogen and oxygen atoms in total. The van der Waals surface area contributed by atoms with E-state index in [0.717, 1.165) is 43.3 Å². The van der Waals surface area contributed by atoms with E-state index in [9.17, 15) is 13.2 Å². The van der Waals surface area contributed by atoms with Crippen LogP contribution in [0.15, 0.2) is 22.7 Å². The molecule has 2 rings (SSSR count). The van der Waals surface area contributed by atoms with Crippen molar-refractivity contribution in [1.82, 2.24) is 9.80 Å². The fourth-order valence-corrected chi connectivity index (χ4v) is 2.75. The van der Waals surface area contributed by atoms with Gasteiger partial charge in [-0.1, -0.05) is 22.9 Å². The van der Waals surface area contributed by atoms with Crippen LogP contribution in [0, 0.1) is 0 Å². The maximum atomic E-state index is 12.7. The Labute approximate surface area is 125 Å². The molecule has 1 heterocycles. The molecular weight excluding hydrogens is 333 g/mol. The molecule has 0 spiro atoms. The molecule has 1 saturated heterocycles. The van der Waals surface area contributed by atoms with Crippen molar-refractivity contribution in [2.45, 2.75) is 19.6 Å². The molecule has 1 aromatic carbocycles. The molecule has 6 heteroatoms. The third kappa shape index (κ3) is 3.96. The highest BCUT2D eigenvalue weighted by Gasteiger charge is 2.31. The molecule has 0 atom stereocenters. The van der Waals surface area contributed by atoms with Crippen LogP contribution in [0.5, 0.6) is 0 Å². The lowest BCUT2D eigenvalue weighted by Gasteiger charge is -2.34. The van der Waals surface area contributed by atoms with Crippen molar-refractivity contribution in [1.29, 1.82) is 0 Å². The van der Waals surface area contributed by atoms with Gasteiger partial charge < -0.3 is 4.90 Å². The topological polar surface area (TPSA) is 6.48 Å². The minimum Gasteiger partial charge on any atom is -0.301 e. The fraction of sp³-hybridized carbons (Fsp3) is 0.571. The van der Waals surface area contributed by atoms with Crippen LogP contribution in [0.2, 0.25) is 0 Å². The third-order valence-corrected chi connectivity index (χ3v) is 4.45. The third-order valence-electron chi connectivity index (χ3n) is 3.68. The van der Waals surface area contributed by atoms with Gasteiger partial charge in [0.15, 0.2) is 0 Å². The predicted octanol–water partition coefficient (Wildman–Crippen LogP) is 3.61. The van der Waals surface area contributed by atoms with Gasteiger partial charge in [0.2, 0.25) is 0 Å². The van der Waals surface area contributed by atoms with Gasteiger partial charge in [0.05, 0.1) is 5.56 Å². The SMILES string of the molecule is CCN1CCN(Cc2cc(C(F)(F)F)ccc2Br)CC1. The second-order valence-electron chi connectivity index (χ2n) is 5.01. The van der Waals surface area contributed by atoms with Crippen molar-refractivity contribution in [3.63, 3.8) is 0 Å². The molecule has 1 aliphatic rings. The van der Waals surface area contributed by atoms with Crippen LogP contribution < -0.4 is 0 Å². The largest absolute Gasteiger partial charge is 0.416 e. The fourth-order valence-electron chi connectivity index (χ4n) is 2.38. The summed E-state index contributed by atoms with van der Waals surface area (Å²) in [7, 11) is 0. The van der Waals surface area contributed by atoms with Gasteiger partial charge in [-0.25, -0.2) is 0 Å². The minimum atomic E-state index is -4.28. The molecule has 0 saturated carbocycles. The van der Waals surface area contributed by atoms with E-state index in [0.29, 0.717) is 12.1 Å². The highest BCUT2D eigenvalue weighted by molar-refractivity contribution is 9.10. The summed E-state index contributed by atoms with van der Waals surface area (Å²) in [4.78, 5) is 4.55. The quantitative estimate of drug-likeness (QED) is 0.821. The summed E-state index contributed by atoms with van der Waals surface area (Å²) in [5.41, 5.74) is 0.118. The Hall–Kier alpha value is -0.590. The Morgan fingerprint density at radius 3 is 2.25 bits per heavy atom. The zero-order valence-electron chi connectivity index (χ0n) is 11.4. The van der Waals surface area contributed by atoms with Gasteiger partial charge in [0, 0.05) is 37.2 Å². The summed E-state index contributed by atoms with van der Waals surface area (Å²) in [5, 5.41) is 0. The van der Waals surface area contributed by atoms with Crippen molar-refractivity contribution in [3.05, 3.63) is 33.8 Å². The molecule has 1 aliphatic heterocycles. The molecule has 0 N–H and O–H groups in total. The van der Waals surface area contributed by atoms with Crippen LogP contribution in [-0.2, 0) is 12.7 Å². The molecule has 0 radical (unpaired) electrons. The number of alkyl halides is 3. The molecule has 0 unspecified atom stereocenters. The zero-order valence-corrected chi connectivity index (χ0v) is 13.0. The molecule has 0 amide bonds. The second kappa shape index (κ2) is 6.45. The lowest BCUT2D eigenvalue weighted by atomic mass is 10.1. The standard InChI is InChI=1S/C14H18BrF3N2/c1-2-19-5-7-20(8-6-19)10-11-9-12(14(16,17)18)3-4-13(11)15/h3-4,9H,2,5-8,10H2,1H3.